The van der Waals surface area contributed by atoms with E-state index in [4.69, 9.17) is 9.05 Å². The number of para-hydroxylation sites is 1. The van der Waals surface area contributed by atoms with E-state index >= 15 is 0 Å². The van der Waals surface area contributed by atoms with Gasteiger partial charge in [0.05, 0.1) is 6.26 Å². The molecule has 0 saturated heterocycles. The highest BCUT2D eigenvalue weighted by Gasteiger charge is 2.02. The Morgan fingerprint density at radius 1 is 1.29 bits per heavy atom. The van der Waals surface area contributed by atoms with Crippen molar-refractivity contribution < 1.29 is 9.05 Å². The highest BCUT2D eigenvalue weighted by Crippen LogP contribution is 2.35. The van der Waals surface area contributed by atoms with Gasteiger partial charge in [-0.15, -0.1) is 0 Å². The number of benzene rings is 1. The molecule has 1 aromatic carbocycles. The van der Waals surface area contributed by atoms with Crippen molar-refractivity contribution in [3.63, 3.8) is 0 Å². The molecule has 0 spiro atoms. The van der Waals surface area contributed by atoms with Crippen LogP contribution in [0.5, 0.6) is 5.75 Å². The second kappa shape index (κ2) is 6.22. The highest BCUT2D eigenvalue weighted by atomic mass is 31.2. The van der Waals surface area contributed by atoms with Gasteiger partial charge >= 0.3 is 0 Å². The fraction of sp³-hybridized carbons (Fsp3) is 0.0909. The molecular formula is C11H13O2P. The molecule has 0 aliphatic heterocycles. The third-order valence-electron chi connectivity index (χ3n) is 1.40. The molecule has 74 valence electrons. The van der Waals surface area contributed by atoms with Gasteiger partial charge in [0.25, 0.3) is 8.38 Å². The van der Waals surface area contributed by atoms with Crippen molar-refractivity contribution in [3.05, 3.63) is 55.3 Å². The van der Waals surface area contributed by atoms with Gasteiger partial charge in [0, 0.05) is 6.66 Å². The average Bonchev–Trinajstić information content (AvgIpc) is 2.20. The zero-order chi connectivity index (χ0) is 10.2. The maximum Gasteiger partial charge on any atom is 0.286 e. The minimum absolute atomic E-state index is 0.827. The lowest BCUT2D eigenvalue weighted by atomic mass is 10.3. The third kappa shape index (κ3) is 4.11. The average molecular weight is 208 g/mol. The van der Waals surface area contributed by atoms with Crippen LogP contribution in [-0.4, -0.2) is 6.66 Å². The number of hydrogen-bond donors (Lipinski definition) is 0. The van der Waals surface area contributed by atoms with E-state index in [1.165, 1.54) is 0 Å². The molecule has 1 atom stereocenters. The van der Waals surface area contributed by atoms with E-state index in [1.807, 2.05) is 37.0 Å². The molecule has 0 aliphatic rings. The molecule has 3 heteroatoms. The van der Waals surface area contributed by atoms with E-state index in [0.29, 0.717) is 0 Å². The van der Waals surface area contributed by atoms with Crippen molar-refractivity contribution in [2.24, 2.45) is 0 Å². The van der Waals surface area contributed by atoms with E-state index in [1.54, 1.807) is 18.4 Å². The monoisotopic (exact) mass is 208 g/mol. The fourth-order valence-corrected chi connectivity index (χ4v) is 1.53. The van der Waals surface area contributed by atoms with Crippen LogP contribution in [0.4, 0.5) is 0 Å². The Bertz CT molecular complexity index is 295. The van der Waals surface area contributed by atoms with Crippen LogP contribution in [0.25, 0.3) is 0 Å². The van der Waals surface area contributed by atoms with Crippen LogP contribution < -0.4 is 4.52 Å². The van der Waals surface area contributed by atoms with Crippen LogP contribution in [0.1, 0.15) is 0 Å². The Morgan fingerprint density at radius 3 is 2.64 bits per heavy atom. The molecule has 1 unspecified atom stereocenters. The van der Waals surface area contributed by atoms with Crippen molar-refractivity contribution >= 4 is 8.38 Å². The Balaban J connectivity index is 2.37. The quantitative estimate of drug-likeness (QED) is 0.417. The number of rotatable bonds is 5. The zero-order valence-electron chi connectivity index (χ0n) is 8.09. The molecule has 0 heterocycles. The first-order chi connectivity index (χ1) is 6.83. The molecule has 0 aliphatic carbocycles. The molecule has 0 fully saturated rings. The van der Waals surface area contributed by atoms with E-state index in [0.717, 1.165) is 5.75 Å². The summed E-state index contributed by atoms with van der Waals surface area (Å²) in [4.78, 5) is 0. The summed E-state index contributed by atoms with van der Waals surface area (Å²) < 4.78 is 10.8. The summed E-state index contributed by atoms with van der Waals surface area (Å²) in [7, 11) is -0.903. The van der Waals surface area contributed by atoms with Crippen LogP contribution in [0, 0.1) is 0 Å². The molecule has 0 saturated carbocycles. The van der Waals surface area contributed by atoms with Crippen LogP contribution in [0.3, 0.4) is 0 Å². The predicted octanol–water partition coefficient (Wildman–Crippen LogP) is 3.72. The van der Waals surface area contributed by atoms with Crippen LogP contribution in [0.15, 0.2) is 55.3 Å². The normalized spacial score (nSPS) is 12.4. The third-order valence-corrected chi connectivity index (χ3v) is 2.29. The SMILES string of the molecule is C=C/C=C/OP(C)Oc1ccccc1. The van der Waals surface area contributed by atoms with Gasteiger partial charge in [-0.2, -0.15) is 0 Å². The summed E-state index contributed by atoms with van der Waals surface area (Å²) >= 11 is 0. The summed E-state index contributed by atoms with van der Waals surface area (Å²) in [6.45, 7) is 5.44. The summed E-state index contributed by atoms with van der Waals surface area (Å²) in [6.07, 6.45) is 4.97. The van der Waals surface area contributed by atoms with Gasteiger partial charge in [-0.3, -0.25) is 0 Å². The minimum atomic E-state index is -0.903. The lowest BCUT2D eigenvalue weighted by Gasteiger charge is -2.11. The molecule has 0 bridgehead atoms. The molecule has 0 N–H and O–H groups in total. The summed E-state index contributed by atoms with van der Waals surface area (Å²) in [6, 6.07) is 9.61. The van der Waals surface area contributed by atoms with Gasteiger partial charge in [-0.05, 0) is 18.2 Å². The first-order valence-corrected chi connectivity index (χ1v) is 5.86. The van der Waals surface area contributed by atoms with Crippen molar-refractivity contribution in [1.82, 2.24) is 0 Å². The van der Waals surface area contributed by atoms with E-state index < -0.39 is 8.38 Å². The topological polar surface area (TPSA) is 18.5 Å². The van der Waals surface area contributed by atoms with Crippen molar-refractivity contribution in [2.45, 2.75) is 0 Å². The van der Waals surface area contributed by atoms with Gasteiger partial charge in [-0.25, -0.2) is 0 Å². The molecular weight excluding hydrogens is 195 g/mol. The van der Waals surface area contributed by atoms with Gasteiger partial charge in [0.1, 0.15) is 5.75 Å². The van der Waals surface area contributed by atoms with Crippen molar-refractivity contribution in [1.29, 1.82) is 0 Å². The van der Waals surface area contributed by atoms with E-state index in [-0.39, 0.29) is 0 Å². The second-order valence-electron chi connectivity index (χ2n) is 2.51. The smallest absolute Gasteiger partial charge is 0.286 e. The largest absolute Gasteiger partial charge is 0.447 e. The molecule has 14 heavy (non-hydrogen) atoms. The standard InChI is InChI=1S/C11H13O2P/c1-3-4-10-12-14(2)13-11-8-6-5-7-9-11/h3-10H,1H2,2H3/b10-4+. The summed E-state index contributed by atoms with van der Waals surface area (Å²) in [5, 5.41) is 0. The highest BCUT2D eigenvalue weighted by molar-refractivity contribution is 7.46. The minimum Gasteiger partial charge on any atom is -0.447 e. The Labute approximate surface area is 85.8 Å². The number of allylic oxidation sites excluding steroid dienone is 2. The summed E-state index contributed by atoms with van der Waals surface area (Å²) in [5.74, 6) is 0.827. The number of hydrogen-bond acceptors (Lipinski definition) is 2. The van der Waals surface area contributed by atoms with Crippen molar-refractivity contribution in [3.8, 4) is 5.75 Å². The van der Waals surface area contributed by atoms with Gasteiger partial charge in [0.2, 0.25) is 0 Å². The molecule has 0 aromatic heterocycles. The van der Waals surface area contributed by atoms with E-state index in [9.17, 15) is 0 Å². The van der Waals surface area contributed by atoms with Crippen molar-refractivity contribution in [2.75, 3.05) is 6.66 Å². The van der Waals surface area contributed by atoms with Gasteiger partial charge in [0.15, 0.2) is 0 Å². The van der Waals surface area contributed by atoms with Gasteiger partial charge < -0.3 is 9.05 Å². The lowest BCUT2D eigenvalue weighted by Crippen LogP contribution is -1.86. The van der Waals surface area contributed by atoms with Crippen LogP contribution >= 0.6 is 8.38 Å². The van der Waals surface area contributed by atoms with Gasteiger partial charge in [-0.1, -0.05) is 30.9 Å². The second-order valence-corrected chi connectivity index (χ2v) is 3.79. The van der Waals surface area contributed by atoms with E-state index in [2.05, 4.69) is 6.58 Å². The Hall–Kier alpha value is -1.27. The maximum absolute atomic E-state index is 5.52. The Morgan fingerprint density at radius 2 is 2.00 bits per heavy atom. The fourth-order valence-electron chi connectivity index (χ4n) is 0.828. The molecule has 1 aromatic rings. The molecule has 2 nitrogen and oxygen atoms in total. The lowest BCUT2D eigenvalue weighted by molar-refractivity contribution is 0.450. The first-order valence-electron chi connectivity index (χ1n) is 4.24. The van der Waals surface area contributed by atoms with Crippen LogP contribution in [-0.2, 0) is 4.52 Å². The zero-order valence-corrected chi connectivity index (χ0v) is 8.98. The predicted molar refractivity (Wildman–Crippen MR) is 60.3 cm³/mol. The Kier molecular flexibility index (Phi) is 4.81. The first kappa shape index (κ1) is 10.8. The molecule has 0 amide bonds. The molecule has 1 rings (SSSR count). The van der Waals surface area contributed by atoms with Crippen LogP contribution in [0.2, 0.25) is 0 Å². The maximum atomic E-state index is 5.52. The molecule has 0 radical (unpaired) electrons. The summed E-state index contributed by atoms with van der Waals surface area (Å²) in [5.41, 5.74) is 0.